The molecule has 1 saturated heterocycles. The molecule has 80 valence electrons. The van der Waals surface area contributed by atoms with Gasteiger partial charge in [-0.25, -0.2) is 0 Å². The lowest BCUT2D eigenvalue weighted by Crippen LogP contribution is -2.48. The van der Waals surface area contributed by atoms with Gasteiger partial charge in [0.15, 0.2) is 0 Å². The van der Waals surface area contributed by atoms with Crippen LogP contribution < -0.4 is 5.59 Å². The van der Waals surface area contributed by atoms with Crippen LogP contribution in [0.1, 0.15) is 13.8 Å². The Morgan fingerprint density at radius 3 is 2.53 bits per heavy atom. The summed E-state index contributed by atoms with van der Waals surface area (Å²) in [6.45, 7) is 5.58. The zero-order chi connectivity index (χ0) is 10.9. The lowest BCUT2D eigenvalue weighted by molar-refractivity contribution is 0.0339. The third-order valence-corrected chi connectivity index (χ3v) is 2.47. The van der Waals surface area contributed by atoms with Crippen molar-refractivity contribution in [1.82, 2.24) is 4.98 Å². The fraction of sp³-hybridized carbons (Fsp3) is 0.500. The Bertz CT molecular complexity index is 332. The summed E-state index contributed by atoms with van der Waals surface area (Å²) < 4.78 is 11.2. The molecule has 0 saturated carbocycles. The van der Waals surface area contributed by atoms with Crippen LogP contribution >= 0.6 is 11.6 Å². The molecular weight excluding hydrogens is 212 g/mol. The summed E-state index contributed by atoms with van der Waals surface area (Å²) >= 11 is 5.75. The van der Waals surface area contributed by atoms with Crippen molar-refractivity contribution in [2.45, 2.75) is 13.8 Å². The van der Waals surface area contributed by atoms with Crippen LogP contribution in [-0.2, 0) is 9.31 Å². The Balaban J connectivity index is 2.04. The van der Waals surface area contributed by atoms with Crippen LogP contribution in [0.4, 0.5) is 0 Å². The number of halogens is 1. The van der Waals surface area contributed by atoms with E-state index in [-0.39, 0.29) is 12.5 Å². The van der Waals surface area contributed by atoms with Gasteiger partial charge in [0.05, 0.1) is 10.6 Å². The highest BCUT2D eigenvalue weighted by molar-refractivity contribution is 6.60. The number of nitrogens with zero attached hydrogens (tertiary/aromatic N) is 1. The molecule has 5 heteroatoms. The van der Waals surface area contributed by atoms with Crippen LogP contribution in [-0.4, -0.2) is 25.3 Å². The molecule has 1 aliphatic heterocycles. The Kier molecular flexibility index (Phi) is 3.00. The number of aromatic nitrogens is 1. The van der Waals surface area contributed by atoms with E-state index in [4.69, 9.17) is 20.9 Å². The van der Waals surface area contributed by atoms with Gasteiger partial charge in [-0.2, -0.15) is 0 Å². The van der Waals surface area contributed by atoms with Gasteiger partial charge in [-0.1, -0.05) is 25.4 Å². The van der Waals surface area contributed by atoms with E-state index >= 15 is 0 Å². The topological polar surface area (TPSA) is 31.4 Å². The fourth-order valence-electron chi connectivity index (χ4n) is 1.39. The zero-order valence-corrected chi connectivity index (χ0v) is 9.62. The predicted octanol–water partition coefficient (Wildman–Crippen LogP) is 1.50. The maximum Gasteiger partial charge on any atom is 0.513 e. The molecule has 1 fully saturated rings. The van der Waals surface area contributed by atoms with Crippen molar-refractivity contribution in [3.8, 4) is 0 Å². The minimum absolute atomic E-state index is 0.0862. The van der Waals surface area contributed by atoms with Crippen LogP contribution in [0.5, 0.6) is 0 Å². The molecule has 0 N–H and O–H groups in total. The molecule has 0 radical (unpaired) electrons. The van der Waals surface area contributed by atoms with Gasteiger partial charge in [-0.3, -0.25) is 4.98 Å². The number of pyridine rings is 1. The second-order valence-corrected chi connectivity index (χ2v) is 4.96. The van der Waals surface area contributed by atoms with Gasteiger partial charge in [0.2, 0.25) is 0 Å². The molecule has 0 spiro atoms. The maximum atomic E-state index is 5.75. The van der Waals surface area contributed by atoms with E-state index in [0.29, 0.717) is 18.2 Å². The van der Waals surface area contributed by atoms with E-state index in [0.717, 1.165) is 5.59 Å². The summed E-state index contributed by atoms with van der Waals surface area (Å²) in [5.41, 5.74) is 0.859. The first kappa shape index (κ1) is 10.9. The third-order valence-electron chi connectivity index (χ3n) is 2.24. The van der Waals surface area contributed by atoms with Crippen molar-refractivity contribution in [3.05, 3.63) is 23.4 Å². The van der Waals surface area contributed by atoms with Gasteiger partial charge in [0, 0.05) is 24.8 Å². The monoisotopic (exact) mass is 225 g/mol. The van der Waals surface area contributed by atoms with Crippen LogP contribution in [0.3, 0.4) is 0 Å². The van der Waals surface area contributed by atoms with Crippen molar-refractivity contribution in [1.29, 1.82) is 0 Å². The lowest BCUT2D eigenvalue weighted by Gasteiger charge is -2.32. The van der Waals surface area contributed by atoms with Crippen molar-refractivity contribution >= 4 is 24.3 Å². The average molecular weight is 225 g/mol. The fourth-order valence-corrected chi connectivity index (χ4v) is 1.50. The largest absolute Gasteiger partial charge is 0.513 e. The van der Waals surface area contributed by atoms with E-state index < -0.39 is 0 Å². The molecular formula is C10H13BClNO2. The maximum absolute atomic E-state index is 5.75. The van der Waals surface area contributed by atoms with Gasteiger partial charge < -0.3 is 9.31 Å². The van der Waals surface area contributed by atoms with Crippen LogP contribution in [0, 0.1) is 5.41 Å². The molecule has 0 bridgehead atoms. The van der Waals surface area contributed by atoms with Crippen molar-refractivity contribution in [3.63, 3.8) is 0 Å². The van der Waals surface area contributed by atoms with Crippen molar-refractivity contribution in [2.75, 3.05) is 13.2 Å². The first-order valence-electron chi connectivity index (χ1n) is 4.91. The third kappa shape index (κ3) is 2.71. The van der Waals surface area contributed by atoms with E-state index in [1.54, 1.807) is 12.3 Å². The molecule has 2 rings (SSSR count). The summed E-state index contributed by atoms with van der Waals surface area (Å²) in [6.07, 6.45) is 1.60. The number of hydrogen-bond acceptors (Lipinski definition) is 3. The molecule has 1 aromatic rings. The molecule has 3 nitrogen and oxygen atoms in total. The molecule has 1 aromatic heterocycles. The second kappa shape index (κ2) is 4.12. The highest BCUT2D eigenvalue weighted by atomic mass is 35.5. The first-order valence-corrected chi connectivity index (χ1v) is 5.29. The highest BCUT2D eigenvalue weighted by Crippen LogP contribution is 2.21. The number of hydrogen-bond donors (Lipinski definition) is 0. The molecule has 2 heterocycles. The lowest BCUT2D eigenvalue weighted by atomic mass is 9.80. The van der Waals surface area contributed by atoms with Crippen LogP contribution in [0.25, 0.3) is 0 Å². The summed E-state index contributed by atoms with van der Waals surface area (Å²) in [4.78, 5) is 4.17. The quantitative estimate of drug-likeness (QED) is 0.679. The smallest absolute Gasteiger partial charge is 0.406 e. The first-order chi connectivity index (χ1) is 7.07. The second-order valence-electron chi connectivity index (χ2n) is 4.52. The Morgan fingerprint density at radius 2 is 2.00 bits per heavy atom. The SMILES string of the molecule is CC1(C)COB(c2ccc(Cl)cn2)OC1. The Labute approximate surface area is 94.9 Å². The van der Waals surface area contributed by atoms with Crippen LogP contribution in [0.15, 0.2) is 18.3 Å². The molecule has 1 aliphatic rings. The molecule has 0 unspecified atom stereocenters. The van der Waals surface area contributed by atoms with Crippen molar-refractivity contribution in [2.24, 2.45) is 5.41 Å². The normalized spacial score (nSPS) is 20.3. The van der Waals surface area contributed by atoms with E-state index in [1.165, 1.54) is 0 Å². The molecule has 0 atom stereocenters. The van der Waals surface area contributed by atoms with E-state index in [2.05, 4.69) is 18.8 Å². The standard InChI is InChI=1S/C10H13BClNO2/c1-10(2)6-14-11(15-7-10)9-4-3-8(12)5-13-9/h3-5H,6-7H2,1-2H3. The van der Waals surface area contributed by atoms with Gasteiger partial charge >= 0.3 is 7.12 Å². The number of rotatable bonds is 1. The van der Waals surface area contributed by atoms with E-state index in [1.807, 2.05) is 6.07 Å². The Morgan fingerprint density at radius 1 is 1.33 bits per heavy atom. The minimum atomic E-state index is -0.352. The molecule has 0 aromatic carbocycles. The van der Waals surface area contributed by atoms with Gasteiger partial charge in [-0.15, -0.1) is 0 Å². The molecule has 0 amide bonds. The van der Waals surface area contributed by atoms with E-state index in [9.17, 15) is 0 Å². The molecule has 0 aliphatic carbocycles. The van der Waals surface area contributed by atoms with Crippen LogP contribution in [0.2, 0.25) is 5.02 Å². The summed E-state index contributed by atoms with van der Waals surface area (Å²) in [7, 11) is -0.352. The highest BCUT2D eigenvalue weighted by Gasteiger charge is 2.34. The average Bonchev–Trinajstić information content (AvgIpc) is 2.20. The zero-order valence-electron chi connectivity index (χ0n) is 8.87. The summed E-state index contributed by atoms with van der Waals surface area (Å²) in [5, 5.41) is 0.620. The summed E-state index contributed by atoms with van der Waals surface area (Å²) in [6, 6.07) is 3.61. The summed E-state index contributed by atoms with van der Waals surface area (Å²) in [5.74, 6) is 0. The van der Waals surface area contributed by atoms with Gasteiger partial charge in [0.1, 0.15) is 0 Å². The Hall–Kier alpha value is -0.575. The predicted molar refractivity (Wildman–Crippen MR) is 60.3 cm³/mol. The van der Waals surface area contributed by atoms with Gasteiger partial charge in [0.25, 0.3) is 0 Å². The molecule has 15 heavy (non-hydrogen) atoms. The van der Waals surface area contributed by atoms with Crippen molar-refractivity contribution < 1.29 is 9.31 Å². The van der Waals surface area contributed by atoms with Gasteiger partial charge in [-0.05, 0) is 12.1 Å². The minimum Gasteiger partial charge on any atom is -0.406 e.